The minimum Gasteiger partial charge on any atom is -0.339 e. The third-order valence-corrected chi connectivity index (χ3v) is 5.78. The number of nitrogens with zero attached hydrogens (tertiary/aromatic N) is 2. The molecule has 2 amide bonds. The molecule has 0 aromatic carbocycles. The Labute approximate surface area is 151 Å². The van der Waals surface area contributed by atoms with Gasteiger partial charge in [0, 0.05) is 39.1 Å². The maximum Gasteiger partial charge on any atom is 0.227 e. The number of piperidine rings is 1. The van der Waals surface area contributed by atoms with Crippen molar-refractivity contribution in [3.8, 4) is 0 Å². The highest BCUT2D eigenvalue weighted by Crippen LogP contribution is 2.27. The monoisotopic (exact) mass is 357 g/mol. The maximum absolute atomic E-state index is 12.5. The Morgan fingerprint density at radius 1 is 0.875 bits per heavy atom. The molecular weight excluding hydrogens is 326 g/mol. The number of carbonyl (C=O) groups is 2. The Balaban J connectivity index is 0.00000208. The molecule has 5 nitrogen and oxygen atoms in total. The number of hydrogen-bond acceptors (Lipinski definition) is 3. The molecule has 3 rings (SSSR count). The van der Waals surface area contributed by atoms with Crippen LogP contribution in [-0.4, -0.2) is 60.9 Å². The van der Waals surface area contributed by atoms with Crippen molar-refractivity contribution < 1.29 is 9.59 Å². The van der Waals surface area contributed by atoms with Gasteiger partial charge in [-0.2, -0.15) is 0 Å². The molecule has 1 aliphatic carbocycles. The Morgan fingerprint density at radius 2 is 1.54 bits per heavy atom. The van der Waals surface area contributed by atoms with Crippen molar-refractivity contribution in [2.75, 3.05) is 39.3 Å². The van der Waals surface area contributed by atoms with Crippen LogP contribution in [0.15, 0.2) is 0 Å². The highest BCUT2D eigenvalue weighted by Gasteiger charge is 2.30. The zero-order chi connectivity index (χ0) is 16.1. The van der Waals surface area contributed by atoms with Crippen LogP contribution in [0.1, 0.15) is 51.4 Å². The molecule has 1 atom stereocenters. The van der Waals surface area contributed by atoms with Crippen LogP contribution in [0.3, 0.4) is 0 Å². The van der Waals surface area contributed by atoms with Crippen LogP contribution >= 0.6 is 12.4 Å². The van der Waals surface area contributed by atoms with Crippen LogP contribution < -0.4 is 5.32 Å². The number of halogens is 1. The van der Waals surface area contributed by atoms with E-state index in [4.69, 9.17) is 0 Å². The molecule has 2 heterocycles. The molecule has 0 bridgehead atoms. The summed E-state index contributed by atoms with van der Waals surface area (Å²) in [5, 5.41) is 3.32. The summed E-state index contributed by atoms with van der Waals surface area (Å²) in [5.74, 6) is 1.34. The summed E-state index contributed by atoms with van der Waals surface area (Å²) < 4.78 is 0. The quantitative estimate of drug-likeness (QED) is 0.841. The van der Waals surface area contributed by atoms with Crippen LogP contribution in [0.5, 0.6) is 0 Å². The lowest BCUT2D eigenvalue weighted by Gasteiger charge is -2.37. The molecular formula is C18H32ClN3O2. The summed E-state index contributed by atoms with van der Waals surface area (Å²) in [4.78, 5) is 28.9. The zero-order valence-electron chi connectivity index (χ0n) is 14.7. The fourth-order valence-electron chi connectivity index (χ4n) is 4.26. The molecule has 2 saturated heterocycles. The van der Waals surface area contributed by atoms with Gasteiger partial charge >= 0.3 is 0 Å². The number of piperazine rings is 1. The molecule has 3 aliphatic rings. The zero-order valence-corrected chi connectivity index (χ0v) is 15.5. The second-order valence-electron chi connectivity index (χ2n) is 7.46. The van der Waals surface area contributed by atoms with E-state index in [1.165, 1.54) is 32.1 Å². The van der Waals surface area contributed by atoms with E-state index >= 15 is 0 Å². The molecule has 0 aromatic rings. The summed E-state index contributed by atoms with van der Waals surface area (Å²) in [6.07, 6.45) is 9.17. The van der Waals surface area contributed by atoms with Gasteiger partial charge in [-0.05, 0) is 38.1 Å². The molecule has 1 unspecified atom stereocenters. The van der Waals surface area contributed by atoms with Gasteiger partial charge in [0.05, 0.1) is 5.92 Å². The Morgan fingerprint density at radius 3 is 2.17 bits per heavy atom. The average molecular weight is 358 g/mol. The van der Waals surface area contributed by atoms with Crippen LogP contribution in [0, 0.1) is 11.8 Å². The predicted octanol–water partition coefficient (Wildman–Crippen LogP) is 2.05. The number of carbonyl (C=O) groups excluding carboxylic acids is 2. The van der Waals surface area contributed by atoms with Crippen molar-refractivity contribution in [3.05, 3.63) is 0 Å². The van der Waals surface area contributed by atoms with Crippen molar-refractivity contribution in [1.82, 2.24) is 15.1 Å². The van der Waals surface area contributed by atoms with Crippen LogP contribution in [0.25, 0.3) is 0 Å². The number of hydrogen-bond donors (Lipinski definition) is 1. The van der Waals surface area contributed by atoms with Crippen molar-refractivity contribution in [2.45, 2.75) is 51.4 Å². The lowest BCUT2D eigenvalue weighted by atomic mass is 9.86. The topological polar surface area (TPSA) is 52.7 Å². The van der Waals surface area contributed by atoms with E-state index in [0.717, 1.165) is 45.4 Å². The number of rotatable bonds is 3. The molecule has 0 aromatic heterocycles. The maximum atomic E-state index is 12.5. The number of nitrogens with one attached hydrogen (secondary N) is 1. The van der Waals surface area contributed by atoms with E-state index in [1.807, 2.05) is 9.80 Å². The first-order chi connectivity index (χ1) is 11.2. The standard InChI is InChI=1S/C18H31N3O2.ClH/c22-17(13-15-5-2-1-3-6-15)20-9-11-21(12-10-20)18(23)16-7-4-8-19-14-16;/h15-16,19H,1-14H2;1H. The first kappa shape index (κ1) is 19.5. The highest BCUT2D eigenvalue weighted by atomic mass is 35.5. The fraction of sp³-hybridized carbons (Fsp3) is 0.889. The Kier molecular flexibility index (Phi) is 7.82. The SMILES string of the molecule is Cl.O=C(CC1CCCCC1)N1CCN(C(=O)C2CCCNC2)CC1. The molecule has 1 N–H and O–H groups in total. The molecule has 138 valence electrons. The van der Waals surface area contributed by atoms with Crippen molar-refractivity contribution >= 4 is 24.2 Å². The molecule has 6 heteroatoms. The average Bonchev–Trinajstić information content (AvgIpc) is 2.63. The van der Waals surface area contributed by atoms with Crippen molar-refractivity contribution in [1.29, 1.82) is 0 Å². The lowest BCUT2D eigenvalue weighted by Crippen LogP contribution is -2.53. The van der Waals surface area contributed by atoms with Gasteiger partial charge in [-0.25, -0.2) is 0 Å². The molecule has 1 saturated carbocycles. The van der Waals surface area contributed by atoms with E-state index in [0.29, 0.717) is 24.9 Å². The molecule has 0 spiro atoms. The van der Waals surface area contributed by atoms with Crippen LogP contribution in [0.2, 0.25) is 0 Å². The van der Waals surface area contributed by atoms with E-state index in [9.17, 15) is 9.59 Å². The van der Waals surface area contributed by atoms with E-state index in [2.05, 4.69) is 5.32 Å². The second kappa shape index (κ2) is 9.62. The third-order valence-electron chi connectivity index (χ3n) is 5.78. The van der Waals surface area contributed by atoms with Gasteiger partial charge in [-0.1, -0.05) is 19.3 Å². The largest absolute Gasteiger partial charge is 0.339 e. The van der Waals surface area contributed by atoms with E-state index in [-0.39, 0.29) is 24.2 Å². The fourth-order valence-corrected chi connectivity index (χ4v) is 4.26. The van der Waals surface area contributed by atoms with Gasteiger partial charge in [0.25, 0.3) is 0 Å². The summed E-state index contributed by atoms with van der Waals surface area (Å²) >= 11 is 0. The Hall–Kier alpha value is -0.810. The van der Waals surface area contributed by atoms with Gasteiger partial charge in [-0.3, -0.25) is 9.59 Å². The number of amides is 2. The third kappa shape index (κ3) is 5.09. The van der Waals surface area contributed by atoms with Crippen LogP contribution in [0.4, 0.5) is 0 Å². The predicted molar refractivity (Wildman–Crippen MR) is 97.2 cm³/mol. The van der Waals surface area contributed by atoms with Gasteiger partial charge in [0.1, 0.15) is 0 Å². The molecule has 3 fully saturated rings. The summed E-state index contributed by atoms with van der Waals surface area (Å²) in [6, 6.07) is 0. The van der Waals surface area contributed by atoms with E-state index < -0.39 is 0 Å². The molecule has 2 aliphatic heterocycles. The van der Waals surface area contributed by atoms with Crippen molar-refractivity contribution in [2.24, 2.45) is 11.8 Å². The van der Waals surface area contributed by atoms with Gasteiger partial charge in [-0.15, -0.1) is 12.4 Å². The van der Waals surface area contributed by atoms with Gasteiger partial charge in [0.15, 0.2) is 0 Å². The first-order valence-corrected chi connectivity index (χ1v) is 9.51. The molecule has 0 radical (unpaired) electrons. The minimum absolute atomic E-state index is 0. The minimum atomic E-state index is 0. The van der Waals surface area contributed by atoms with Gasteiger partial charge in [0.2, 0.25) is 11.8 Å². The highest BCUT2D eigenvalue weighted by molar-refractivity contribution is 5.85. The normalized spacial score (nSPS) is 25.9. The molecule has 24 heavy (non-hydrogen) atoms. The van der Waals surface area contributed by atoms with Crippen LogP contribution in [-0.2, 0) is 9.59 Å². The van der Waals surface area contributed by atoms with Gasteiger partial charge < -0.3 is 15.1 Å². The Bertz CT molecular complexity index is 412. The van der Waals surface area contributed by atoms with E-state index in [1.54, 1.807) is 0 Å². The smallest absolute Gasteiger partial charge is 0.227 e. The summed E-state index contributed by atoms with van der Waals surface area (Å²) in [7, 11) is 0. The van der Waals surface area contributed by atoms with Crippen molar-refractivity contribution in [3.63, 3.8) is 0 Å². The second-order valence-corrected chi connectivity index (χ2v) is 7.46. The first-order valence-electron chi connectivity index (χ1n) is 9.51. The summed E-state index contributed by atoms with van der Waals surface area (Å²) in [6.45, 7) is 4.72. The lowest BCUT2D eigenvalue weighted by molar-refractivity contribution is -0.143. The summed E-state index contributed by atoms with van der Waals surface area (Å²) in [5.41, 5.74) is 0.